The molecule has 1 aliphatic heterocycles. The molecule has 20 heavy (non-hydrogen) atoms. The third-order valence-corrected chi connectivity index (χ3v) is 4.32. The van der Waals surface area contributed by atoms with E-state index in [1.165, 1.54) is 0 Å². The highest BCUT2D eigenvalue weighted by molar-refractivity contribution is 6.21. The molecule has 0 aromatic heterocycles. The number of carbonyl (C=O) groups excluding carboxylic acids is 1. The lowest BCUT2D eigenvalue weighted by atomic mass is 9.98. The predicted octanol–water partition coefficient (Wildman–Crippen LogP) is 2.79. The smallest absolute Gasteiger partial charge is 0.254 e. The van der Waals surface area contributed by atoms with Gasteiger partial charge in [0.15, 0.2) is 0 Å². The summed E-state index contributed by atoms with van der Waals surface area (Å²) in [5, 5.41) is 0.0141. The van der Waals surface area contributed by atoms with Gasteiger partial charge in [-0.2, -0.15) is 0 Å². The van der Waals surface area contributed by atoms with Gasteiger partial charge >= 0.3 is 0 Å². The van der Waals surface area contributed by atoms with E-state index in [-0.39, 0.29) is 11.3 Å². The van der Waals surface area contributed by atoms with E-state index in [2.05, 4.69) is 6.92 Å². The van der Waals surface area contributed by atoms with Crippen molar-refractivity contribution in [3.8, 4) is 11.5 Å². The Morgan fingerprint density at radius 3 is 2.35 bits per heavy atom. The Kier molecular flexibility index (Phi) is 4.76. The highest BCUT2D eigenvalue weighted by atomic mass is 35.5. The summed E-state index contributed by atoms with van der Waals surface area (Å²) >= 11 is 6.27. The van der Waals surface area contributed by atoms with E-state index < -0.39 is 0 Å². The monoisotopic (exact) mass is 297 g/mol. The van der Waals surface area contributed by atoms with Gasteiger partial charge in [0.2, 0.25) is 0 Å². The van der Waals surface area contributed by atoms with E-state index in [4.69, 9.17) is 21.1 Å². The first-order valence-electron chi connectivity index (χ1n) is 6.71. The van der Waals surface area contributed by atoms with Crippen LogP contribution in [-0.2, 0) is 0 Å². The summed E-state index contributed by atoms with van der Waals surface area (Å²) in [5.41, 5.74) is 0.569. The van der Waals surface area contributed by atoms with Gasteiger partial charge in [-0.25, -0.2) is 0 Å². The van der Waals surface area contributed by atoms with E-state index in [1.807, 2.05) is 0 Å². The number of benzene rings is 1. The molecule has 0 saturated carbocycles. The molecular weight excluding hydrogens is 278 g/mol. The Labute approximate surface area is 124 Å². The van der Waals surface area contributed by atoms with Crippen LogP contribution in [0.25, 0.3) is 0 Å². The molecule has 0 N–H and O–H groups in total. The van der Waals surface area contributed by atoms with Crippen LogP contribution in [0.5, 0.6) is 11.5 Å². The van der Waals surface area contributed by atoms with Crippen LogP contribution >= 0.6 is 11.6 Å². The second kappa shape index (κ2) is 6.35. The fraction of sp³-hybridized carbons (Fsp3) is 0.533. The van der Waals surface area contributed by atoms with Gasteiger partial charge in [0.05, 0.1) is 19.6 Å². The van der Waals surface area contributed by atoms with Crippen LogP contribution < -0.4 is 9.47 Å². The van der Waals surface area contributed by atoms with Crippen molar-refractivity contribution in [2.24, 2.45) is 5.92 Å². The van der Waals surface area contributed by atoms with E-state index in [9.17, 15) is 4.79 Å². The number of piperidine rings is 1. The van der Waals surface area contributed by atoms with Crippen molar-refractivity contribution in [2.75, 3.05) is 27.3 Å². The Morgan fingerprint density at radius 2 is 1.85 bits per heavy atom. The molecule has 2 atom stereocenters. The van der Waals surface area contributed by atoms with Gasteiger partial charge in [-0.05, 0) is 24.5 Å². The quantitative estimate of drug-likeness (QED) is 0.805. The first-order valence-corrected chi connectivity index (χ1v) is 7.15. The molecule has 1 amide bonds. The van der Waals surface area contributed by atoms with Crippen molar-refractivity contribution in [3.05, 3.63) is 23.8 Å². The lowest BCUT2D eigenvalue weighted by Gasteiger charge is -2.34. The van der Waals surface area contributed by atoms with Gasteiger partial charge in [0.1, 0.15) is 11.5 Å². The molecule has 5 heteroatoms. The number of rotatable bonds is 3. The molecule has 110 valence electrons. The Hall–Kier alpha value is -1.42. The van der Waals surface area contributed by atoms with Gasteiger partial charge in [-0.1, -0.05) is 6.92 Å². The molecule has 2 rings (SSSR count). The molecule has 1 aromatic carbocycles. The van der Waals surface area contributed by atoms with Crippen molar-refractivity contribution in [1.29, 1.82) is 0 Å². The molecular formula is C15H20ClNO3. The van der Waals surface area contributed by atoms with Crippen LogP contribution in [0.3, 0.4) is 0 Å². The van der Waals surface area contributed by atoms with Crippen LogP contribution in [0, 0.1) is 5.92 Å². The zero-order chi connectivity index (χ0) is 14.7. The second-order valence-corrected chi connectivity index (χ2v) is 5.70. The maximum absolute atomic E-state index is 12.5. The average molecular weight is 298 g/mol. The summed E-state index contributed by atoms with van der Waals surface area (Å²) in [5.74, 6) is 1.64. The summed E-state index contributed by atoms with van der Waals surface area (Å²) in [4.78, 5) is 14.3. The number of methoxy groups -OCH3 is 2. The Balaban J connectivity index is 2.20. The van der Waals surface area contributed by atoms with Crippen molar-refractivity contribution in [3.63, 3.8) is 0 Å². The fourth-order valence-corrected chi connectivity index (χ4v) is 2.61. The van der Waals surface area contributed by atoms with Crippen molar-refractivity contribution in [1.82, 2.24) is 4.90 Å². The van der Waals surface area contributed by atoms with Crippen LogP contribution in [0.1, 0.15) is 23.7 Å². The summed E-state index contributed by atoms with van der Waals surface area (Å²) in [6.07, 6.45) is 0.932. The maximum atomic E-state index is 12.5. The predicted molar refractivity (Wildman–Crippen MR) is 78.9 cm³/mol. The van der Waals surface area contributed by atoms with Gasteiger partial charge in [-0.15, -0.1) is 11.6 Å². The molecule has 4 nitrogen and oxygen atoms in total. The first-order chi connectivity index (χ1) is 9.55. The van der Waals surface area contributed by atoms with E-state index in [1.54, 1.807) is 37.3 Å². The minimum Gasteiger partial charge on any atom is -0.497 e. The summed E-state index contributed by atoms with van der Waals surface area (Å²) < 4.78 is 10.4. The molecule has 0 aliphatic carbocycles. The lowest BCUT2D eigenvalue weighted by molar-refractivity contribution is 0.0700. The molecule has 1 heterocycles. The summed E-state index contributed by atoms with van der Waals surface area (Å²) in [6.45, 7) is 3.44. The van der Waals surface area contributed by atoms with Crippen LogP contribution in [0.2, 0.25) is 0 Å². The van der Waals surface area contributed by atoms with Gasteiger partial charge in [0.25, 0.3) is 5.91 Å². The van der Waals surface area contributed by atoms with Gasteiger partial charge in [-0.3, -0.25) is 4.79 Å². The number of likely N-dealkylation sites (tertiary alicyclic amines) is 1. The van der Waals surface area contributed by atoms with E-state index in [0.29, 0.717) is 29.5 Å². The fourth-order valence-electron chi connectivity index (χ4n) is 2.32. The third kappa shape index (κ3) is 3.18. The number of alkyl halides is 1. The van der Waals surface area contributed by atoms with E-state index >= 15 is 0 Å². The average Bonchev–Trinajstić information content (AvgIpc) is 2.48. The Bertz CT molecular complexity index is 470. The molecule has 0 radical (unpaired) electrons. The first kappa shape index (κ1) is 15.0. The molecule has 0 spiro atoms. The van der Waals surface area contributed by atoms with Crippen LogP contribution in [0.15, 0.2) is 18.2 Å². The standard InChI is InChI=1S/C15H20ClNO3/c1-10-4-5-17(9-14(10)16)15(18)11-6-12(19-2)8-13(7-11)20-3/h6-8,10,14H,4-5,9H2,1-3H3. The van der Waals surface area contributed by atoms with Crippen LogP contribution in [0.4, 0.5) is 0 Å². The molecule has 1 aromatic rings. The van der Waals surface area contributed by atoms with Crippen molar-refractivity contribution >= 4 is 17.5 Å². The lowest BCUT2D eigenvalue weighted by Crippen LogP contribution is -2.43. The number of ether oxygens (including phenoxy) is 2. The topological polar surface area (TPSA) is 38.8 Å². The minimum absolute atomic E-state index is 0.0141. The number of hydrogen-bond acceptors (Lipinski definition) is 3. The van der Waals surface area contributed by atoms with Crippen LogP contribution in [-0.4, -0.2) is 43.5 Å². The zero-order valence-electron chi connectivity index (χ0n) is 12.1. The van der Waals surface area contributed by atoms with Gasteiger partial charge in [0, 0.05) is 24.7 Å². The van der Waals surface area contributed by atoms with E-state index in [0.717, 1.165) is 13.0 Å². The molecule has 1 saturated heterocycles. The highest BCUT2D eigenvalue weighted by Gasteiger charge is 2.28. The zero-order valence-corrected chi connectivity index (χ0v) is 12.8. The summed E-state index contributed by atoms with van der Waals surface area (Å²) in [6, 6.07) is 5.21. The second-order valence-electron chi connectivity index (χ2n) is 5.13. The van der Waals surface area contributed by atoms with Crippen molar-refractivity contribution in [2.45, 2.75) is 18.7 Å². The maximum Gasteiger partial charge on any atom is 0.254 e. The SMILES string of the molecule is COc1cc(OC)cc(C(=O)N2CCC(C)C(Cl)C2)c1. The molecule has 1 fully saturated rings. The largest absolute Gasteiger partial charge is 0.497 e. The third-order valence-electron chi connectivity index (χ3n) is 3.75. The minimum atomic E-state index is -0.0280. The van der Waals surface area contributed by atoms with Gasteiger partial charge < -0.3 is 14.4 Å². The normalized spacial score (nSPS) is 22.5. The molecule has 0 bridgehead atoms. The number of hydrogen-bond donors (Lipinski definition) is 0. The molecule has 1 aliphatic rings. The Morgan fingerprint density at radius 1 is 1.25 bits per heavy atom. The number of nitrogens with zero attached hydrogens (tertiary/aromatic N) is 1. The number of amides is 1. The number of carbonyl (C=O) groups is 1. The number of halogens is 1. The summed E-state index contributed by atoms with van der Waals surface area (Å²) in [7, 11) is 3.14. The molecule has 2 unspecified atom stereocenters. The highest BCUT2D eigenvalue weighted by Crippen LogP contribution is 2.26. The van der Waals surface area contributed by atoms with Crippen molar-refractivity contribution < 1.29 is 14.3 Å².